The Morgan fingerprint density at radius 2 is 2.14 bits per heavy atom. The summed E-state index contributed by atoms with van der Waals surface area (Å²) in [7, 11) is 0. The molecular weight excluding hydrogens is 314 g/mol. The van der Waals surface area contributed by atoms with Crippen LogP contribution in [0.4, 0.5) is 13.2 Å². The van der Waals surface area contributed by atoms with E-state index in [1.54, 1.807) is 0 Å². The highest BCUT2D eigenvalue weighted by atomic mass is 127. The van der Waals surface area contributed by atoms with E-state index < -0.39 is 29.3 Å². The van der Waals surface area contributed by atoms with E-state index in [9.17, 15) is 18.0 Å². The van der Waals surface area contributed by atoms with Gasteiger partial charge in [-0.2, -0.15) is 0 Å². The number of carboxylic acid groups (broad SMARTS) is 1. The summed E-state index contributed by atoms with van der Waals surface area (Å²) < 4.78 is 37.4. The van der Waals surface area contributed by atoms with Crippen molar-refractivity contribution in [1.82, 2.24) is 4.98 Å². The second-order valence-corrected chi connectivity index (χ2v) is 3.31. The van der Waals surface area contributed by atoms with Crippen LogP contribution in [-0.4, -0.2) is 16.1 Å². The van der Waals surface area contributed by atoms with Crippen molar-refractivity contribution in [1.29, 1.82) is 0 Å². The minimum Gasteiger partial charge on any atom is -0.478 e. The molecule has 76 valence electrons. The van der Waals surface area contributed by atoms with Gasteiger partial charge in [-0.15, -0.1) is 0 Å². The van der Waals surface area contributed by atoms with Gasteiger partial charge in [0.15, 0.2) is 5.82 Å². The fraction of sp³-hybridized carbons (Fsp3) is 0.143. The van der Waals surface area contributed by atoms with Crippen molar-refractivity contribution in [3.05, 3.63) is 26.8 Å². The fourth-order valence-corrected chi connectivity index (χ4v) is 1.54. The lowest BCUT2D eigenvalue weighted by Crippen LogP contribution is -2.09. The lowest BCUT2D eigenvalue weighted by molar-refractivity contribution is 0.0677. The van der Waals surface area contributed by atoms with Gasteiger partial charge in [0.2, 0.25) is 0 Å². The molecule has 0 atom stereocenters. The Balaban J connectivity index is 3.50. The maximum atomic E-state index is 12.9. The van der Waals surface area contributed by atoms with E-state index in [-0.39, 0.29) is 3.70 Å². The number of aromatic carboxylic acids is 1. The topological polar surface area (TPSA) is 50.2 Å². The molecule has 0 amide bonds. The monoisotopic (exact) mass is 317 g/mol. The Bertz CT molecular complexity index is 383. The number of halogens is 4. The second kappa shape index (κ2) is 4.11. The number of carbonyl (C=O) groups is 1. The lowest BCUT2D eigenvalue weighted by Gasteiger charge is -2.07. The molecule has 0 fully saturated rings. The van der Waals surface area contributed by atoms with Gasteiger partial charge in [0.1, 0.15) is 9.26 Å². The third-order valence-corrected chi connectivity index (χ3v) is 2.31. The zero-order valence-corrected chi connectivity index (χ0v) is 8.63. The van der Waals surface area contributed by atoms with Crippen molar-refractivity contribution in [2.45, 2.75) is 6.43 Å². The summed E-state index contributed by atoms with van der Waals surface area (Å²) in [5.74, 6) is -2.98. The fourth-order valence-electron chi connectivity index (χ4n) is 0.896. The zero-order chi connectivity index (χ0) is 10.9. The molecule has 0 saturated carbocycles. The average Bonchev–Trinajstić information content (AvgIpc) is 2.07. The molecule has 1 heterocycles. The van der Waals surface area contributed by atoms with Crippen LogP contribution in [0.3, 0.4) is 0 Å². The predicted molar refractivity (Wildman–Crippen MR) is 48.8 cm³/mol. The standard InChI is InChI=1S/C7H3F3INO2/c8-2-1-12-6(11)4(5(9)10)3(2)7(13)14/h1,5H,(H,13,14). The Morgan fingerprint density at radius 3 is 2.50 bits per heavy atom. The minimum absolute atomic E-state index is 0.212. The number of aromatic nitrogens is 1. The SMILES string of the molecule is O=C(O)c1c(F)cnc(I)c1C(F)F. The van der Waals surface area contributed by atoms with Gasteiger partial charge >= 0.3 is 5.97 Å². The molecule has 1 aromatic heterocycles. The van der Waals surface area contributed by atoms with Crippen molar-refractivity contribution >= 4 is 28.6 Å². The molecule has 1 aromatic rings. The molecule has 0 aliphatic heterocycles. The molecule has 14 heavy (non-hydrogen) atoms. The van der Waals surface area contributed by atoms with E-state index in [0.29, 0.717) is 6.20 Å². The van der Waals surface area contributed by atoms with Gasteiger partial charge in [-0.3, -0.25) is 0 Å². The van der Waals surface area contributed by atoms with Crippen LogP contribution in [-0.2, 0) is 0 Å². The van der Waals surface area contributed by atoms with Crippen molar-refractivity contribution in [3.63, 3.8) is 0 Å². The first-order chi connectivity index (χ1) is 6.45. The number of pyridine rings is 1. The van der Waals surface area contributed by atoms with Gasteiger partial charge in [0.05, 0.1) is 11.8 Å². The van der Waals surface area contributed by atoms with Crippen LogP contribution in [0.2, 0.25) is 0 Å². The molecule has 1 N–H and O–H groups in total. The Kier molecular flexibility index (Phi) is 3.29. The second-order valence-electron chi connectivity index (χ2n) is 2.29. The number of nitrogens with zero attached hydrogens (tertiary/aromatic N) is 1. The van der Waals surface area contributed by atoms with Crippen molar-refractivity contribution < 1.29 is 23.1 Å². The number of hydrogen-bond donors (Lipinski definition) is 1. The van der Waals surface area contributed by atoms with Crippen LogP contribution in [0.1, 0.15) is 22.3 Å². The van der Waals surface area contributed by atoms with Gasteiger partial charge in [-0.05, 0) is 22.6 Å². The van der Waals surface area contributed by atoms with Crippen molar-refractivity contribution in [2.24, 2.45) is 0 Å². The first-order valence-electron chi connectivity index (χ1n) is 3.30. The zero-order valence-electron chi connectivity index (χ0n) is 6.47. The summed E-state index contributed by atoms with van der Waals surface area (Å²) in [6.45, 7) is 0. The van der Waals surface area contributed by atoms with Gasteiger partial charge in [0.25, 0.3) is 6.43 Å². The van der Waals surface area contributed by atoms with Gasteiger partial charge in [-0.25, -0.2) is 22.9 Å². The Labute approximate surface area is 90.1 Å². The first kappa shape index (κ1) is 11.2. The molecule has 0 saturated heterocycles. The molecule has 0 aromatic carbocycles. The van der Waals surface area contributed by atoms with E-state index >= 15 is 0 Å². The van der Waals surface area contributed by atoms with E-state index in [2.05, 4.69) is 4.98 Å². The first-order valence-corrected chi connectivity index (χ1v) is 4.38. The Morgan fingerprint density at radius 1 is 1.57 bits per heavy atom. The summed E-state index contributed by atoms with van der Waals surface area (Å²) in [4.78, 5) is 13.8. The molecule has 0 aliphatic carbocycles. The summed E-state index contributed by atoms with van der Waals surface area (Å²) in [6, 6.07) is 0. The van der Waals surface area contributed by atoms with Crippen LogP contribution < -0.4 is 0 Å². The number of carboxylic acids is 1. The molecule has 0 unspecified atom stereocenters. The highest BCUT2D eigenvalue weighted by Crippen LogP contribution is 2.28. The quantitative estimate of drug-likeness (QED) is 0.673. The molecule has 0 bridgehead atoms. The molecule has 0 spiro atoms. The summed E-state index contributed by atoms with van der Waals surface area (Å²) >= 11 is 1.43. The van der Waals surface area contributed by atoms with Crippen molar-refractivity contribution in [3.8, 4) is 0 Å². The minimum atomic E-state index is -3.06. The van der Waals surface area contributed by atoms with Crippen LogP contribution >= 0.6 is 22.6 Å². The molecule has 3 nitrogen and oxygen atoms in total. The van der Waals surface area contributed by atoms with Gasteiger partial charge < -0.3 is 5.11 Å². The Hall–Kier alpha value is -0.860. The third-order valence-electron chi connectivity index (χ3n) is 1.45. The maximum absolute atomic E-state index is 12.9. The lowest BCUT2D eigenvalue weighted by atomic mass is 10.1. The van der Waals surface area contributed by atoms with Crippen molar-refractivity contribution in [2.75, 3.05) is 0 Å². The van der Waals surface area contributed by atoms with Crippen LogP contribution in [0.15, 0.2) is 6.20 Å². The summed E-state index contributed by atoms with van der Waals surface area (Å²) in [5, 5.41) is 8.52. The molecule has 1 rings (SSSR count). The third kappa shape index (κ3) is 1.97. The van der Waals surface area contributed by atoms with Crippen LogP contribution in [0.25, 0.3) is 0 Å². The largest absolute Gasteiger partial charge is 0.478 e. The van der Waals surface area contributed by atoms with Crippen LogP contribution in [0, 0.1) is 9.52 Å². The number of alkyl halides is 2. The highest BCUT2D eigenvalue weighted by molar-refractivity contribution is 14.1. The highest BCUT2D eigenvalue weighted by Gasteiger charge is 2.25. The smallest absolute Gasteiger partial charge is 0.339 e. The molecular formula is C7H3F3INO2. The van der Waals surface area contributed by atoms with Gasteiger partial charge in [0, 0.05) is 0 Å². The van der Waals surface area contributed by atoms with Crippen LogP contribution in [0.5, 0.6) is 0 Å². The average molecular weight is 317 g/mol. The van der Waals surface area contributed by atoms with E-state index in [4.69, 9.17) is 5.11 Å². The summed E-state index contributed by atoms with van der Waals surface area (Å²) in [5.41, 5.74) is -1.89. The van der Waals surface area contributed by atoms with E-state index in [0.717, 1.165) is 0 Å². The number of rotatable bonds is 2. The summed E-state index contributed by atoms with van der Waals surface area (Å²) in [6.07, 6.45) is -2.45. The van der Waals surface area contributed by atoms with Gasteiger partial charge in [-0.1, -0.05) is 0 Å². The number of hydrogen-bond acceptors (Lipinski definition) is 2. The van der Waals surface area contributed by atoms with E-state index in [1.165, 1.54) is 22.6 Å². The normalized spacial score (nSPS) is 10.6. The maximum Gasteiger partial charge on any atom is 0.339 e. The molecule has 7 heteroatoms. The molecule has 0 radical (unpaired) electrons. The van der Waals surface area contributed by atoms with E-state index in [1.807, 2.05) is 0 Å². The predicted octanol–water partition coefficient (Wildman–Crippen LogP) is 2.46. The molecule has 0 aliphatic rings.